The summed E-state index contributed by atoms with van der Waals surface area (Å²) in [5, 5.41) is 5.61. The molecule has 3 rings (SSSR count). The molecular weight excluding hydrogens is 330 g/mol. The lowest BCUT2D eigenvalue weighted by Crippen LogP contribution is -2.28. The highest BCUT2D eigenvalue weighted by atomic mass is 16.2. The van der Waals surface area contributed by atoms with Crippen molar-refractivity contribution in [1.82, 2.24) is 0 Å². The first-order chi connectivity index (χ1) is 12.4. The Morgan fingerprint density at radius 1 is 1.08 bits per heavy atom. The summed E-state index contributed by atoms with van der Waals surface area (Å²) in [6.07, 6.45) is 0.169. The number of amides is 3. The van der Waals surface area contributed by atoms with E-state index in [-0.39, 0.29) is 24.1 Å². The lowest BCUT2D eigenvalue weighted by Gasteiger charge is -2.18. The first kappa shape index (κ1) is 17.7. The van der Waals surface area contributed by atoms with Gasteiger partial charge in [-0.2, -0.15) is 0 Å². The molecular formula is C20H21N3O3. The van der Waals surface area contributed by atoms with Crippen molar-refractivity contribution in [2.75, 3.05) is 22.1 Å². The number of nitrogens with zero attached hydrogens (tertiary/aromatic N) is 1. The lowest BCUT2D eigenvalue weighted by atomic mass is 10.1. The van der Waals surface area contributed by atoms with Gasteiger partial charge in [-0.1, -0.05) is 24.3 Å². The molecule has 0 aliphatic carbocycles. The highest BCUT2D eigenvalue weighted by Crippen LogP contribution is 2.28. The Balaban J connectivity index is 1.71. The molecule has 6 heteroatoms. The predicted octanol–water partition coefficient (Wildman–Crippen LogP) is 2.95. The Labute approximate surface area is 152 Å². The van der Waals surface area contributed by atoms with E-state index in [1.807, 2.05) is 31.2 Å². The standard InChI is InChI=1S/C20H21N3O3/c1-13-6-3-4-9-18(13)22-20(26)15-10-19(25)23(12-15)17-8-5-7-16(11-17)21-14(2)24/h3-9,11,15H,10,12H2,1-2H3,(H,21,24)(H,22,26)/t15-/m0/s1. The molecule has 134 valence electrons. The van der Waals surface area contributed by atoms with E-state index < -0.39 is 5.92 Å². The molecule has 1 atom stereocenters. The van der Waals surface area contributed by atoms with Gasteiger partial charge in [-0.05, 0) is 36.8 Å². The zero-order chi connectivity index (χ0) is 18.7. The zero-order valence-electron chi connectivity index (χ0n) is 14.8. The third kappa shape index (κ3) is 3.91. The summed E-state index contributed by atoms with van der Waals surface area (Å²) in [6, 6.07) is 14.6. The number of para-hydroxylation sites is 1. The van der Waals surface area contributed by atoms with Crippen LogP contribution in [0.1, 0.15) is 18.9 Å². The van der Waals surface area contributed by atoms with Gasteiger partial charge < -0.3 is 15.5 Å². The molecule has 1 saturated heterocycles. The van der Waals surface area contributed by atoms with Crippen LogP contribution in [-0.2, 0) is 14.4 Å². The molecule has 0 unspecified atom stereocenters. The van der Waals surface area contributed by atoms with Gasteiger partial charge in [-0.25, -0.2) is 0 Å². The normalized spacial score (nSPS) is 16.5. The molecule has 0 bridgehead atoms. The van der Waals surface area contributed by atoms with Crippen molar-refractivity contribution in [1.29, 1.82) is 0 Å². The van der Waals surface area contributed by atoms with E-state index in [1.165, 1.54) is 6.92 Å². The van der Waals surface area contributed by atoms with Crippen molar-refractivity contribution < 1.29 is 14.4 Å². The summed E-state index contributed by atoms with van der Waals surface area (Å²) < 4.78 is 0. The molecule has 0 spiro atoms. The zero-order valence-corrected chi connectivity index (χ0v) is 14.8. The number of hydrogen-bond donors (Lipinski definition) is 2. The smallest absolute Gasteiger partial charge is 0.229 e. The van der Waals surface area contributed by atoms with Crippen molar-refractivity contribution in [3.8, 4) is 0 Å². The van der Waals surface area contributed by atoms with E-state index in [9.17, 15) is 14.4 Å². The van der Waals surface area contributed by atoms with Gasteiger partial charge in [-0.15, -0.1) is 0 Å². The second kappa shape index (κ2) is 7.39. The summed E-state index contributed by atoms with van der Waals surface area (Å²) in [6.45, 7) is 3.68. The Kier molecular flexibility index (Phi) is 5.02. The summed E-state index contributed by atoms with van der Waals surface area (Å²) >= 11 is 0. The third-order valence-corrected chi connectivity index (χ3v) is 4.38. The fourth-order valence-electron chi connectivity index (χ4n) is 3.04. The Hall–Kier alpha value is -3.15. The van der Waals surface area contributed by atoms with Gasteiger partial charge in [0, 0.05) is 37.0 Å². The molecule has 1 aliphatic heterocycles. The van der Waals surface area contributed by atoms with Crippen LogP contribution in [0.15, 0.2) is 48.5 Å². The average molecular weight is 351 g/mol. The van der Waals surface area contributed by atoms with Crippen LogP contribution in [0.25, 0.3) is 0 Å². The highest BCUT2D eigenvalue weighted by molar-refractivity contribution is 6.04. The van der Waals surface area contributed by atoms with E-state index in [0.717, 1.165) is 11.3 Å². The number of hydrogen-bond acceptors (Lipinski definition) is 3. The predicted molar refractivity (Wildman–Crippen MR) is 101 cm³/mol. The van der Waals surface area contributed by atoms with Gasteiger partial charge in [0.1, 0.15) is 0 Å². The monoisotopic (exact) mass is 351 g/mol. The SMILES string of the molecule is CC(=O)Nc1cccc(N2C[C@@H](C(=O)Nc3ccccc3C)CC2=O)c1. The van der Waals surface area contributed by atoms with Gasteiger partial charge >= 0.3 is 0 Å². The topological polar surface area (TPSA) is 78.5 Å². The maximum absolute atomic E-state index is 12.6. The van der Waals surface area contributed by atoms with E-state index in [4.69, 9.17) is 0 Å². The summed E-state index contributed by atoms with van der Waals surface area (Å²) in [4.78, 5) is 37.8. The quantitative estimate of drug-likeness (QED) is 0.889. The third-order valence-electron chi connectivity index (χ3n) is 4.38. The minimum Gasteiger partial charge on any atom is -0.326 e. The van der Waals surface area contributed by atoms with E-state index in [0.29, 0.717) is 17.9 Å². The number of anilines is 3. The average Bonchev–Trinajstić information content (AvgIpc) is 2.98. The summed E-state index contributed by atoms with van der Waals surface area (Å²) in [5.74, 6) is -0.847. The largest absolute Gasteiger partial charge is 0.326 e. The Bertz CT molecular complexity index is 863. The Morgan fingerprint density at radius 3 is 2.58 bits per heavy atom. The van der Waals surface area contributed by atoms with Crippen molar-refractivity contribution in [3.63, 3.8) is 0 Å². The van der Waals surface area contributed by atoms with E-state index in [1.54, 1.807) is 29.2 Å². The van der Waals surface area contributed by atoms with E-state index >= 15 is 0 Å². The van der Waals surface area contributed by atoms with Gasteiger partial charge in [0.25, 0.3) is 0 Å². The minimum atomic E-state index is -0.411. The maximum atomic E-state index is 12.6. The van der Waals surface area contributed by atoms with Gasteiger partial charge in [0.05, 0.1) is 5.92 Å². The first-order valence-corrected chi connectivity index (χ1v) is 8.48. The number of carbonyl (C=O) groups excluding carboxylic acids is 3. The summed E-state index contributed by atoms with van der Waals surface area (Å²) in [7, 11) is 0. The minimum absolute atomic E-state index is 0.102. The molecule has 6 nitrogen and oxygen atoms in total. The van der Waals surface area contributed by atoms with Gasteiger partial charge in [0.2, 0.25) is 17.7 Å². The number of carbonyl (C=O) groups is 3. The van der Waals surface area contributed by atoms with Crippen LogP contribution in [0.5, 0.6) is 0 Å². The fourth-order valence-corrected chi connectivity index (χ4v) is 3.04. The van der Waals surface area contributed by atoms with Crippen LogP contribution >= 0.6 is 0 Å². The second-order valence-electron chi connectivity index (χ2n) is 6.44. The van der Waals surface area contributed by atoms with Crippen LogP contribution < -0.4 is 15.5 Å². The van der Waals surface area contributed by atoms with Crippen molar-refractivity contribution >= 4 is 34.8 Å². The second-order valence-corrected chi connectivity index (χ2v) is 6.44. The molecule has 2 N–H and O–H groups in total. The van der Waals surface area contributed by atoms with Crippen molar-refractivity contribution in [3.05, 3.63) is 54.1 Å². The highest BCUT2D eigenvalue weighted by Gasteiger charge is 2.35. The molecule has 2 aromatic rings. The summed E-state index contributed by atoms with van der Waals surface area (Å²) in [5.41, 5.74) is 3.03. The van der Waals surface area contributed by atoms with Gasteiger partial charge in [-0.3, -0.25) is 14.4 Å². The van der Waals surface area contributed by atoms with Crippen LogP contribution in [-0.4, -0.2) is 24.3 Å². The Morgan fingerprint density at radius 2 is 1.85 bits per heavy atom. The molecule has 0 saturated carbocycles. The number of aryl methyl sites for hydroxylation is 1. The van der Waals surface area contributed by atoms with Crippen LogP contribution in [0.3, 0.4) is 0 Å². The number of rotatable bonds is 4. The number of benzene rings is 2. The first-order valence-electron chi connectivity index (χ1n) is 8.48. The lowest BCUT2D eigenvalue weighted by molar-refractivity contribution is -0.122. The number of nitrogens with one attached hydrogen (secondary N) is 2. The van der Waals surface area contributed by atoms with Crippen LogP contribution in [0, 0.1) is 12.8 Å². The molecule has 1 aliphatic rings. The van der Waals surface area contributed by atoms with Crippen LogP contribution in [0.4, 0.5) is 17.1 Å². The molecule has 1 heterocycles. The maximum Gasteiger partial charge on any atom is 0.229 e. The van der Waals surface area contributed by atoms with E-state index in [2.05, 4.69) is 10.6 Å². The van der Waals surface area contributed by atoms with Gasteiger partial charge in [0.15, 0.2) is 0 Å². The molecule has 3 amide bonds. The molecule has 26 heavy (non-hydrogen) atoms. The van der Waals surface area contributed by atoms with Crippen molar-refractivity contribution in [2.24, 2.45) is 5.92 Å². The molecule has 1 fully saturated rings. The molecule has 2 aromatic carbocycles. The van der Waals surface area contributed by atoms with Crippen molar-refractivity contribution in [2.45, 2.75) is 20.3 Å². The van der Waals surface area contributed by atoms with Crippen LogP contribution in [0.2, 0.25) is 0 Å². The molecule has 0 aromatic heterocycles. The fraction of sp³-hybridized carbons (Fsp3) is 0.250. The molecule has 0 radical (unpaired) electrons.